The minimum Gasteiger partial charge on any atom is -0.452 e. The maximum absolute atomic E-state index is 12.3. The van der Waals surface area contributed by atoms with Crippen LogP contribution in [0, 0.1) is 13.8 Å². The van der Waals surface area contributed by atoms with Crippen LogP contribution in [-0.2, 0) is 33.6 Å². The molecule has 0 fully saturated rings. The molecule has 0 aromatic heterocycles. The van der Waals surface area contributed by atoms with Crippen LogP contribution in [0.5, 0.6) is 0 Å². The van der Waals surface area contributed by atoms with Crippen molar-refractivity contribution in [3.05, 3.63) is 64.2 Å². The molecule has 0 bridgehead atoms. The van der Waals surface area contributed by atoms with Gasteiger partial charge in [-0.3, -0.25) is 9.59 Å². The first kappa shape index (κ1) is 18.2. The van der Waals surface area contributed by atoms with Crippen molar-refractivity contribution in [1.29, 1.82) is 0 Å². The van der Waals surface area contributed by atoms with Crippen LogP contribution in [0.2, 0.25) is 0 Å². The lowest BCUT2D eigenvalue weighted by molar-refractivity contribution is -0.152. The number of hydrogen-bond donors (Lipinski definition) is 1. The largest absolute Gasteiger partial charge is 0.452 e. The zero-order chi connectivity index (χ0) is 18.7. The molecule has 1 atom stereocenters. The maximum Gasteiger partial charge on any atom is 0.311 e. The number of amides is 1. The Hall–Kier alpha value is -2.62. The lowest BCUT2D eigenvalue weighted by Crippen LogP contribution is -2.30. The van der Waals surface area contributed by atoms with Gasteiger partial charge in [0.1, 0.15) is 0 Å². The van der Waals surface area contributed by atoms with Crippen molar-refractivity contribution in [3.63, 3.8) is 0 Å². The van der Waals surface area contributed by atoms with Gasteiger partial charge in [-0.2, -0.15) is 0 Å². The average Bonchev–Trinajstić information content (AvgIpc) is 3.05. The van der Waals surface area contributed by atoms with E-state index in [9.17, 15) is 9.59 Å². The van der Waals surface area contributed by atoms with Crippen LogP contribution in [-0.4, -0.2) is 18.0 Å². The third kappa shape index (κ3) is 4.31. The van der Waals surface area contributed by atoms with Crippen LogP contribution in [0.1, 0.15) is 41.2 Å². The van der Waals surface area contributed by atoms with E-state index in [1.807, 2.05) is 38.1 Å². The minimum atomic E-state index is -0.836. The molecule has 2 aromatic rings. The van der Waals surface area contributed by atoms with E-state index in [1.54, 1.807) is 6.92 Å². The van der Waals surface area contributed by atoms with Gasteiger partial charge in [0.25, 0.3) is 5.91 Å². The van der Waals surface area contributed by atoms with E-state index in [2.05, 4.69) is 17.4 Å². The van der Waals surface area contributed by atoms with Gasteiger partial charge < -0.3 is 10.1 Å². The highest BCUT2D eigenvalue weighted by Gasteiger charge is 2.19. The first-order valence-corrected chi connectivity index (χ1v) is 9.10. The van der Waals surface area contributed by atoms with Gasteiger partial charge in [-0.25, -0.2) is 0 Å². The zero-order valence-electron chi connectivity index (χ0n) is 15.6. The van der Waals surface area contributed by atoms with E-state index < -0.39 is 6.10 Å². The molecule has 1 aliphatic rings. The van der Waals surface area contributed by atoms with Crippen molar-refractivity contribution >= 4 is 17.6 Å². The molecule has 2 aromatic carbocycles. The van der Waals surface area contributed by atoms with Crippen molar-refractivity contribution in [2.75, 3.05) is 5.32 Å². The zero-order valence-corrected chi connectivity index (χ0v) is 15.6. The molecule has 1 N–H and O–H groups in total. The second-order valence-electron chi connectivity index (χ2n) is 7.07. The standard InChI is InChI=1S/C22H25NO3/c1-14-7-8-15(2)20(11-14)23-22(25)16(3)26-21(24)13-17-9-10-18-5-4-6-19(18)12-17/h7-12,16H,4-6,13H2,1-3H3,(H,23,25)/t16-/m0/s1. The third-order valence-electron chi connectivity index (χ3n) is 4.84. The Morgan fingerprint density at radius 3 is 2.65 bits per heavy atom. The Labute approximate surface area is 154 Å². The van der Waals surface area contributed by atoms with E-state index in [-0.39, 0.29) is 18.3 Å². The van der Waals surface area contributed by atoms with Crippen LogP contribution in [0.15, 0.2) is 36.4 Å². The van der Waals surface area contributed by atoms with Crippen molar-refractivity contribution in [2.45, 2.75) is 52.6 Å². The van der Waals surface area contributed by atoms with Gasteiger partial charge in [-0.05, 0) is 73.9 Å². The summed E-state index contributed by atoms with van der Waals surface area (Å²) in [6.45, 7) is 5.50. The summed E-state index contributed by atoms with van der Waals surface area (Å²) in [5, 5.41) is 2.84. The quantitative estimate of drug-likeness (QED) is 0.831. The molecule has 0 saturated heterocycles. The number of ether oxygens (including phenoxy) is 1. The molecule has 136 valence electrons. The minimum absolute atomic E-state index is 0.189. The average molecular weight is 351 g/mol. The molecular weight excluding hydrogens is 326 g/mol. The first-order valence-electron chi connectivity index (χ1n) is 9.10. The normalized spacial score (nSPS) is 13.8. The monoisotopic (exact) mass is 351 g/mol. The summed E-state index contributed by atoms with van der Waals surface area (Å²) in [6.07, 6.45) is 2.73. The number of rotatable bonds is 5. The van der Waals surface area contributed by atoms with E-state index in [0.29, 0.717) is 0 Å². The van der Waals surface area contributed by atoms with Gasteiger partial charge in [0, 0.05) is 5.69 Å². The van der Waals surface area contributed by atoms with Crippen molar-refractivity contribution in [1.82, 2.24) is 0 Å². The van der Waals surface area contributed by atoms with Gasteiger partial charge in [-0.15, -0.1) is 0 Å². The molecule has 0 aliphatic heterocycles. The van der Waals surface area contributed by atoms with Crippen LogP contribution in [0.3, 0.4) is 0 Å². The summed E-state index contributed by atoms with van der Waals surface area (Å²) in [5.41, 5.74) is 6.43. The summed E-state index contributed by atoms with van der Waals surface area (Å²) in [6, 6.07) is 12.0. The van der Waals surface area contributed by atoms with Gasteiger partial charge in [0.15, 0.2) is 6.10 Å². The van der Waals surface area contributed by atoms with Crippen molar-refractivity contribution < 1.29 is 14.3 Å². The first-order chi connectivity index (χ1) is 12.4. The summed E-state index contributed by atoms with van der Waals surface area (Å²) in [5.74, 6) is -0.701. The SMILES string of the molecule is Cc1ccc(C)c(NC(=O)[C@H](C)OC(=O)Cc2ccc3c(c2)CCC3)c1. The van der Waals surface area contributed by atoms with Gasteiger partial charge in [-0.1, -0.05) is 30.3 Å². The molecule has 0 unspecified atom stereocenters. The summed E-state index contributed by atoms with van der Waals surface area (Å²) in [4.78, 5) is 24.5. The number of esters is 1. The van der Waals surface area contributed by atoms with Crippen molar-refractivity contribution in [3.8, 4) is 0 Å². The highest BCUT2D eigenvalue weighted by molar-refractivity contribution is 5.95. The second kappa shape index (κ2) is 7.73. The van der Waals surface area contributed by atoms with Crippen LogP contribution in [0.4, 0.5) is 5.69 Å². The molecule has 4 nitrogen and oxygen atoms in total. The lowest BCUT2D eigenvalue weighted by atomic mass is 10.0. The van der Waals surface area contributed by atoms with E-state index >= 15 is 0 Å². The molecule has 0 radical (unpaired) electrons. The van der Waals surface area contributed by atoms with Crippen LogP contribution >= 0.6 is 0 Å². The van der Waals surface area contributed by atoms with Gasteiger partial charge >= 0.3 is 5.97 Å². The van der Waals surface area contributed by atoms with E-state index in [0.717, 1.165) is 35.2 Å². The predicted molar refractivity (Wildman–Crippen MR) is 102 cm³/mol. The molecule has 4 heteroatoms. The Morgan fingerprint density at radius 1 is 1.08 bits per heavy atom. The molecular formula is C22H25NO3. The molecule has 26 heavy (non-hydrogen) atoms. The van der Waals surface area contributed by atoms with Gasteiger partial charge in [0.2, 0.25) is 0 Å². The van der Waals surface area contributed by atoms with E-state index in [1.165, 1.54) is 17.5 Å². The number of carbonyl (C=O) groups is 2. The van der Waals surface area contributed by atoms with E-state index in [4.69, 9.17) is 4.74 Å². The number of hydrogen-bond acceptors (Lipinski definition) is 3. The van der Waals surface area contributed by atoms with Crippen LogP contribution < -0.4 is 5.32 Å². The number of carbonyl (C=O) groups excluding carboxylic acids is 2. The van der Waals surface area contributed by atoms with Crippen LogP contribution in [0.25, 0.3) is 0 Å². The Kier molecular flexibility index (Phi) is 5.40. The molecule has 1 amide bonds. The second-order valence-corrected chi connectivity index (χ2v) is 7.07. The number of anilines is 1. The Morgan fingerprint density at radius 2 is 1.85 bits per heavy atom. The summed E-state index contributed by atoms with van der Waals surface area (Å²) >= 11 is 0. The predicted octanol–water partition coefficient (Wildman–Crippen LogP) is 3.91. The fourth-order valence-electron chi connectivity index (χ4n) is 3.30. The molecule has 0 spiro atoms. The summed E-state index contributed by atoms with van der Waals surface area (Å²) in [7, 11) is 0. The number of fused-ring (bicyclic) bond motifs is 1. The molecule has 0 heterocycles. The molecule has 3 rings (SSSR count). The number of benzene rings is 2. The highest BCUT2D eigenvalue weighted by Crippen LogP contribution is 2.23. The number of aryl methyl sites for hydroxylation is 4. The maximum atomic E-state index is 12.3. The smallest absolute Gasteiger partial charge is 0.311 e. The third-order valence-corrected chi connectivity index (χ3v) is 4.84. The number of nitrogens with one attached hydrogen (secondary N) is 1. The lowest BCUT2D eigenvalue weighted by Gasteiger charge is -2.15. The Bertz CT molecular complexity index is 841. The summed E-state index contributed by atoms with van der Waals surface area (Å²) < 4.78 is 5.33. The fraction of sp³-hybridized carbons (Fsp3) is 0.364. The molecule has 0 saturated carbocycles. The fourth-order valence-corrected chi connectivity index (χ4v) is 3.30. The Balaban J connectivity index is 1.56. The van der Waals surface area contributed by atoms with Gasteiger partial charge in [0.05, 0.1) is 6.42 Å². The van der Waals surface area contributed by atoms with Crippen molar-refractivity contribution in [2.24, 2.45) is 0 Å². The highest BCUT2D eigenvalue weighted by atomic mass is 16.5. The topological polar surface area (TPSA) is 55.4 Å². The molecule has 1 aliphatic carbocycles.